The highest BCUT2D eigenvalue weighted by Gasteiger charge is 2.21. The van der Waals surface area contributed by atoms with Crippen LogP contribution in [0.2, 0.25) is 0 Å². The van der Waals surface area contributed by atoms with Crippen LogP contribution in [0.25, 0.3) is 0 Å². The van der Waals surface area contributed by atoms with E-state index in [1.54, 1.807) is 0 Å². The third-order valence-electron chi connectivity index (χ3n) is 3.00. The third-order valence-corrected chi connectivity index (χ3v) is 3.00. The molecular formula is C11H22N2O3. The maximum atomic E-state index is 11.5. The second-order valence-electron chi connectivity index (χ2n) is 4.49. The number of amides is 1. The van der Waals surface area contributed by atoms with Gasteiger partial charge in [0, 0.05) is 13.7 Å². The van der Waals surface area contributed by atoms with Gasteiger partial charge in [-0.25, -0.2) is 0 Å². The standard InChI is InChI=1S/C11H22N2O3/c1-16-7-10(12)11(15)13-6-8-3-2-4-9(14)5-8/h8-10,14H,2-7,12H2,1H3,(H,13,15). The number of nitrogens with one attached hydrogen (secondary N) is 1. The van der Waals surface area contributed by atoms with Gasteiger partial charge in [-0.3, -0.25) is 4.79 Å². The zero-order valence-electron chi connectivity index (χ0n) is 9.82. The number of aliphatic hydroxyl groups excluding tert-OH is 1. The van der Waals surface area contributed by atoms with Crippen LogP contribution < -0.4 is 11.1 Å². The molecule has 1 fully saturated rings. The monoisotopic (exact) mass is 230 g/mol. The van der Waals surface area contributed by atoms with Crippen molar-refractivity contribution in [3.8, 4) is 0 Å². The first-order valence-corrected chi connectivity index (χ1v) is 5.83. The quantitative estimate of drug-likeness (QED) is 0.601. The van der Waals surface area contributed by atoms with Crippen molar-refractivity contribution in [2.75, 3.05) is 20.3 Å². The minimum absolute atomic E-state index is 0.179. The predicted octanol–water partition coefficient (Wildman–Crippen LogP) is -0.373. The van der Waals surface area contributed by atoms with Crippen LogP contribution in [0.15, 0.2) is 0 Å². The summed E-state index contributed by atoms with van der Waals surface area (Å²) in [5.74, 6) is 0.198. The molecular weight excluding hydrogens is 208 g/mol. The van der Waals surface area contributed by atoms with Crippen LogP contribution in [0.4, 0.5) is 0 Å². The Balaban J connectivity index is 2.20. The van der Waals surface area contributed by atoms with Gasteiger partial charge in [0.2, 0.25) is 5.91 Å². The largest absolute Gasteiger partial charge is 0.393 e. The maximum absolute atomic E-state index is 11.5. The molecule has 0 aliphatic heterocycles. The molecule has 1 aliphatic rings. The normalized spacial score (nSPS) is 27.4. The fourth-order valence-corrected chi connectivity index (χ4v) is 2.08. The molecule has 0 aromatic carbocycles. The topological polar surface area (TPSA) is 84.6 Å². The van der Waals surface area contributed by atoms with Crippen molar-refractivity contribution >= 4 is 5.91 Å². The van der Waals surface area contributed by atoms with Crippen LogP contribution in [0, 0.1) is 5.92 Å². The first-order chi connectivity index (χ1) is 7.63. The van der Waals surface area contributed by atoms with Gasteiger partial charge in [-0.2, -0.15) is 0 Å². The van der Waals surface area contributed by atoms with Gasteiger partial charge >= 0.3 is 0 Å². The average molecular weight is 230 g/mol. The van der Waals surface area contributed by atoms with E-state index in [0.29, 0.717) is 12.5 Å². The van der Waals surface area contributed by atoms with E-state index in [1.165, 1.54) is 7.11 Å². The number of ether oxygens (including phenoxy) is 1. The summed E-state index contributed by atoms with van der Waals surface area (Å²) >= 11 is 0. The first-order valence-electron chi connectivity index (χ1n) is 5.83. The van der Waals surface area contributed by atoms with Crippen LogP contribution in [0.1, 0.15) is 25.7 Å². The molecule has 1 amide bonds. The lowest BCUT2D eigenvalue weighted by Crippen LogP contribution is -2.45. The van der Waals surface area contributed by atoms with Crippen molar-refractivity contribution in [1.29, 1.82) is 0 Å². The molecule has 1 aliphatic carbocycles. The summed E-state index contributed by atoms with van der Waals surface area (Å²) in [6, 6.07) is -0.599. The predicted molar refractivity (Wildman–Crippen MR) is 60.8 cm³/mol. The summed E-state index contributed by atoms with van der Waals surface area (Å²) in [5.41, 5.74) is 5.58. The zero-order valence-corrected chi connectivity index (χ0v) is 9.82. The lowest BCUT2D eigenvalue weighted by molar-refractivity contribution is -0.123. The lowest BCUT2D eigenvalue weighted by atomic mass is 9.87. The van der Waals surface area contributed by atoms with Crippen LogP contribution in [0.3, 0.4) is 0 Å². The summed E-state index contributed by atoms with van der Waals surface area (Å²) < 4.78 is 4.81. The van der Waals surface area contributed by atoms with E-state index in [9.17, 15) is 9.90 Å². The van der Waals surface area contributed by atoms with Gasteiger partial charge in [-0.15, -0.1) is 0 Å². The van der Waals surface area contributed by atoms with E-state index in [4.69, 9.17) is 10.5 Å². The first kappa shape index (κ1) is 13.4. The lowest BCUT2D eigenvalue weighted by Gasteiger charge is -2.26. The van der Waals surface area contributed by atoms with E-state index >= 15 is 0 Å². The molecule has 16 heavy (non-hydrogen) atoms. The molecule has 0 saturated heterocycles. The number of hydrogen-bond donors (Lipinski definition) is 3. The molecule has 1 saturated carbocycles. The molecule has 0 heterocycles. The molecule has 1 rings (SSSR count). The minimum atomic E-state index is -0.599. The molecule has 3 unspecified atom stereocenters. The van der Waals surface area contributed by atoms with Gasteiger partial charge in [0.25, 0.3) is 0 Å². The highest BCUT2D eigenvalue weighted by molar-refractivity contribution is 5.81. The second-order valence-corrected chi connectivity index (χ2v) is 4.49. The highest BCUT2D eigenvalue weighted by Crippen LogP contribution is 2.23. The molecule has 5 heteroatoms. The maximum Gasteiger partial charge on any atom is 0.239 e. The average Bonchev–Trinajstić information content (AvgIpc) is 2.26. The van der Waals surface area contributed by atoms with E-state index in [0.717, 1.165) is 25.7 Å². The van der Waals surface area contributed by atoms with Crippen LogP contribution in [-0.4, -0.2) is 43.4 Å². The Hall–Kier alpha value is -0.650. The molecule has 5 nitrogen and oxygen atoms in total. The Bertz CT molecular complexity index is 223. The van der Waals surface area contributed by atoms with Crippen molar-refractivity contribution in [3.63, 3.8) is 0 Å². The smallest absolute Gasteiger partial charge is 0.239 e. The fourth-order valence-electron chi connectivity index (χ4n) is 2.08. The van der Waals surface area contributed by atoms with E-state index in [-0.39, 0.29) is 18.6 Å². The zero-order chi connectivity index (χ0) is 12.0. The summed E-state index contributed by atoms with van der Waals surface area (Å²) in [6.45, 7) is 0.840. The van der Waals surface area contributed by atoms with E-state index in [1.807, 2.05) is 0 Å². The van der Waals surface area contributed by atoms with Crippen LogP contribution in [0.5, 0.6) is 0 Å². The SMILES string of the molecule is COCC(N)C(=O)NCC1CCCC(O)C1. The van der Waals surface area contributed by atoms with Crippen LogP contribution in [-0.2, 0) is 9.53 Å². The molecule has 0 bridgehead atoms. The molecule has 94 valence electrons. The Morgan fingerprint density at radius 2 is 2.38 bits per heavy atom. The van der Waals surface area contributed by atoms with Gasteiger partial charge in [-0.1, -0.05) is 6.42 Å². The summed E-state index contributed by atoms with van der Waals surface area (Å²) in [6.07, 6.45) is 3.55. The Morgan fingerprint density at radius 3 is 3.00 bits per heavy atom. The number of carbonyl (C=O) groups excluding carboxylic acids is 1. The van der Waals surface area contributed by atoms with Gasteiger partial charge in [0.15, 0.2) is 0 Å². The molecule has 0 aromatic heterocycles. The third kappa shape index (κ3) is 4.47. The minimum Gasteiger partial charge on any atom is -0.393 e. The Kier molecular flexibility index (Phi) is 5.73. The van der Waals surface area contributed by atoms with Gasteiger partial charge < -0.3 is 20.9 Å². The Morgan fingerprint density at radius 1 is 1.62 bits per heavy atom. The number of aliphatic hydroxyl groups is 1. The fraction of sp³-hybridized carbons (Fsp3) is 0.909. The summed E-state index contributed by atoms with van der Waals surface area (Å²) in [4.78, 5) is 11.5. The van der Waals surface area contributed by atoms with Gasteiger partial charge in [0.05, 0.1) is 12.7 Å². The van der Waals surface area contributed by atoms with Crippen molar-refractivity contribution in [2.24, 2.45) is 11.7 Å². The van der Waals surface area contributed by atoms with Crippen molar-refractivity contribution < 1.29 is 14.6 Å². The van der Waals surface area contributed by atoms with Crippen molar-refractivity contribution in [1.82, 2.24) is 5.32 Å². The number of nitrogens with two attached hydrogens (primary N) is 1. The van der Waals surface area contributed by atoms with E-state index in [2.05, 4.69) is 5.32 Å². The second kappa shape index (κ2) is 6.83. The Labute approximate surface area is 96.3 Å². The highest BCUT2D eigenvalue weighted by atomic mass is 16.5. The number of methoxy groups -OCH3 is 1. The molecule has 0 aromatic rings. The molecule has 3 atom stereocenters. The molecule has 0 spiro atoms. The number of rotatable bonds is 5. The van der Waals surface area contributed by atoms with E-state index < -0.39 is 6.04 Å². The van der Waals surface area contributed by atoms with Gasteiger partial charge in [-0.05, 0) is 25.2 Å². The summed E-state index contributed by atoms with van der Waals surface area (Å²) in [7, 11) is 1.52. The number of hydrogen-bond acceptors (Lipinski definition) is 4. The van der Waals surface area contributed by atoms with Gasteiger partial charge in [0.1, 0.15) is 6.04 Å². The number of carbonyl (C=O) groups is 1. The molecule has 4 N–H and O–H groups in total. The summed E-state index contributed by atoms with van der Waals surface area (Å²) in [5, 5.41) is 12.3. The van der Waals surface area contributed by atoms with Crippen molar-refractivity contribution in [2.45, 2.75) is 37.8 Å². The molecule has 0 radical (unpaired) electrons. The van der Waals surface area contributed by atoms with Crippen molar-refractivity contribution in [3.05, 3.63) is 0 Å². The van der Waals surface area contributed by atoms with Crippen LogP contribution >= 0.6 is 0 Å².